The summed E-state index contributed by atoms with van der Waals surface area (Å²) >= 11 is 3.20. The second-order valence-electron chi connectivity index (χ2n) is 4.74. The summed E-state index contributed by atoms with van der Waals surface area (Å²) in [4.78, 5) is 0. The van der Waals surface area contributed by atoms with Crippen LogP contribution in [0.3, 0.4) is 0 Å². The van der Waals surface area contributed by atoms with E-state index in [4.69, 9.17) is 5.73 Å². The van der Waals surface area contributed by atoms with E-state index in [9.17, 15) is 4.39 Å². The van der Waals surface area contributed by atoms with Gasteiger partial charge in [-0.3, -0.25) is 0 Å². The Labute approximate surface area is 121 Å². The lowest BCUT2D eigenvalue weighted by molar-refractivity contribution is 0.602. The highest BCUT2D eigenvalue weighted by atomic mass is 79.9. The molecular formula is C16H17BrFN. The summed E-state index contributed by atoms with van der Waals surface area (Å²) < 4.78 is 13.6. The van der Waals surface area contributed by atoms with Crippen molar-refractivity contribution in [3.8, 4) is 0 Å². The van der Waals surface area contributed by atoms with Crippen molar-refractivity contribution in [2.75, 3.05) is 0 Å². The lowest BCUT2D eigenvalue weighted by Gasteiger charge is -2.12. The molecule has 0 spiro atoms. The normalized spacial score (nSPS) is 12.4. The van der Waals surface area contributed by atoms with Crippen molar-refractivity contribution >= 4 is 15.9 Å². The zero-order chi connectivity index (χ0) is 13.7. The van der Waals surface area contributed by atoms with Crippen LogP contribution in [0.25, 0.3) is 0 Å². The molecule has 1 unspecified atom stereocenters. The zero-order valence-corrected chi connectivity index (χ0v) is 12.2. The van der Waals surface area contributed by atoms with Crippen molar-refractivity contribution in [1.82, 2.24) is 0 Å². The zero-order valence-electron chi connectivity index (χ0n) is 10.7. The molecule has 0 aromatic heterocycles. The molecule has 100 valence electrons. The Morgan fingerprint density at radius 3 is 2.47 bits per heavy atom. The lowest BCUT2D eigenvalue weighted by Crippen LogP contribution is -2.23. The maximum atomic E-state index is 13.1. The molecule has 2 aromatic carbocycles. The fourth-order valence-corrected chi connectivity index (χ4v) is 2.49. The third-order valence-electron chi connectivity index (χ3n) is 3.13. The Balaban J connectivity index is 1.87. The average Bonchev–Trinajstić information content (AvgIpc) is 2.42. The second-order valence-corrected chi connectivity index (χ2v) is 5.59. The van der Waals surface area contributed by atoms with Crippen LogP contribution in [0.5, 0.6) is 0 Å². The van der Waals surface area contributed by atoms with Gasteiger partial charge in [-0.25, -0.2) is 4.39 Å². The van der Waals surface area contributed by atoms with E-state index in [0.29, 0.717) is 4.47 Å². The molecule has 0 amide bonds. The summed E-state index contributed by atoms with van der Waals surface area (Å²) in [6.45, 7) is 0. The first-order valence-electron chi connectivity index (χ1n) is 6.38. The van der Waals surface area contributed by atoms with E-state index >= 15 is 0 Å². The first kappa shape index (κ1) is 14.2. The number of aryl methyl sites for hydroxylation is 1. The van der Waals surface area contributed by atoms with Gasteiger partial charge in [0.15, 0.2) is 0 Å². The first-order valence-corrected chi connectivity index (χ1v) is 7.18. The molecule has 2 aromatic rings. The fourth-order valence-electron chi connectivity index (χ4n) is 2.07. The molecule has 3 heteroatoms. The maximum Gasteiger partial charge on any atom is 0.137 e. The molecule has 0 aliphatic heterocycles. The minimum absolute atomic E-state index is 0.0950. The molecule has 0 aliphatic carbocycles. The van der Waals surface area contributed by atoms with Crippen LogP contribution in [0.4, 0.5) is 4.39 Å². The molecule has 1 nitrogen and oxygen atoms in total. The SMILES string of the molecule is NC(CCc1ccccc1)Cc1ccc(F)c(Br)c1. The minimum Gasteiger partial charge on any atom is -0.327 e. The van der Waals surface area contributed by atoms with E-state index in [1.165, 1.54) is 11.6 Å². The fraction of sp³-hybridized carbons (Fsp3) is 0.250. The third kappa shape index (κ3) is 4.44. The number of rotatable bonds is 5. The molecule has 2 rings (SSSR count). The second kappa shape index (κ2) is 6.83. The molecule has 0 saturated heterocycles. The van der Waals surface area contributed by atoms with E-state index in [2.05, 4.69) is 28.1 Å². The quantitative estimate of drug-likeness (QED) is 0.881. The summed E-state index contributed by atoms with van der Waals surface area (Å²) in [6.07, 6.45) is 2.68. The smallest absolute Gasteiger partial charge is 0.137 e. The van der Waals surface area contributed by atoms with Crippen LogP contribution in [-0.4, -0.2) is 6.04 Å². The van der Waals surface area contributed by atoms with Crippen LogP contribution in [0.2, 0.25) is 0 Å². The Morgan fingerprint density at radius 1 is 1.05 bits per heavy atom. The number of hydrogen-bond donors (Lipinski definition) is 1. The molecule has 0 saturated carbocycles. The summed E-state index contributed by atoms with van der Waals surface area (Å²) in [5.41, 5.74) is 8.50. The van der Waals surface area contributed by atoms with E-state index in [0.717, 1.165) is 24.8 Å². The molecule has 0 aliphatic rings. The maximum absolute atomic E-state index is 13.1. The first-order chi connectivity index (χ1) is 9.15. The van der Waals surface area contributed by atoms with Crippen molar-refractivity contribution < 1.29 is 4.39 Å². The topological polar surface area (TPSA) is 26.0 Å². The third-order valence-corrected chi connectivity index (χ3v) is 3.74. The summed E-state index contributed by atoms with van der Waals surface area (Å²) in [6, 6.07) is 15.5. The van der Waals surface area contributed by atoms with Crippen LogP contribution in [0.1, 0.15) is 17.5 Å². The Kier molecular flexibility index (Phi) is 5.11. The molecule has 0 fully saturated rings. The van der Waals surface area contributed by atoms with Gasteiger partial charge >= 0.3 is 0 Å². The Hall–Kier alpha value is -1.19. The van der Waals surface area contributed by atoms with Crippen molar-refractivity contribution in [3.63, 3.8) is 0 Å². The van der Waals surface area contributed by atoms with Crippen molar-refractivity contribution in [3.05, 3.63) is 69.9 Å². The van der Waals surface area contributed by atoms with Crippen LogP contribution < -0.4 is 5.73 Å². The van der Waals surface area contributed by atoms with Crippen molar-refractivity contribution in [1.29, 1.82) is 0 Å². The predicted octanol–water partition coefficient (Wildman–Crippen LogP) is 4.09. The molecule has 0 bridgehead atoms. The molecule has 0 heterocycles. The van der Waals surface area contributed by atoms with Gasteiger partial charge in [0, 0.05) is 6.04 Å². The van der Waals surface area contributed by atoms with Gasteiger partial charge in [0.25, 0.3) is 0 Å². The molecule has 2 N–H and O–H groups in total. The number of benzene rings is 2. The Bertz CT molecular complexity index is 528. The van der Waals surface area contributed by atoms with E-state index < -0.39 is 0 Å². The van der Waals surface area contributed by atoms with E-state index in [-0.39, 0.29) is 11.9 Å². The van der Waals surface area contributed by atoms with Crippen molar-refractivity contribution in [2.45, 2.75) is 25.3 Å². The summed E-state index contributed by atoms with van der Waals surface area (Å²) in [5.74, 6) is -0.235. The van der Waals surface area contributed by atoms with Crippen molar-refractivity contribution in [2.24, 2.45) is 5.73 Å². The highest BCUT2D eigenvalue weighted by molar-refractivity contribution is 9.10. The molecule has 1 atom stereocenters. The van der Waals surface area contributed by atoms with E-state index in [1.807, 2.05) is 18.2 Å². The lowest BCUT2D eigenvalue weighted by atomic mass is 10.00. The van der Waals surface area contributed by atoms with Crippen LogP contribution in [0.15, 0.2) is 53.0 Å². The summed E-state index contributed by atoms with van der Waals surface area (Å²) in [5, 5.41) is 0. The number of nitrogens with two attached hydrogens (primary N) is 1. The highest BCUT2D eigenvalue weighted by Crippen LogP contribution is 2.18. The molecule has 0 radical (unpaired) electrons. The van der Waals surface area contributed by atoms with Gasteiger partial charge in [0.05, 0.1) is 4.47 Å². The highest BCUT2D eigenvalue weighted by Gasteiger charge is 2.07. The Morgan fingerprint density at radius 2 is 1.79 bits per heavy atom. The predicted molar refractivity (Wildman–Crippen MR) is 80.5 cm³/mol. The molecular weight excluding hydrogens is 305 g/mol. The van der Waals surface area contributed by atoms with Gasteiger partial charge in [-0.05, 0) is 58.5 Å². The number of halogens is 2. The van der Waals surface area contributed by atoms with Crippen LogP contribution in [0, 0.1) is 5.82 Å². The summed E-state index contributed by atoms with van der Waals surface area (Å²) in [7, 11) is 0. The van der Waals surface area contributed by atoms with Crippen LogP contribution in [-0.2, 0) is 12.8 Å². The monoisotopic (exact) mass is 321 g/mol. The van der Waals surface area contributed by atoms with Gasteiger partial charge in [-0.2, -0.15) is 0 Å². The largest absolute Gasteiger partial charge is 0.327 e. The average molecular weight is 322 g/mol. The minimum atomic E-state index is -0.235. The standard InChI is InChI=1S/C16H17BrFN/c17-15-11-13(7-9-16(15)18)10-14(19)8-6-12-4-2-1-3-5-12/h1-5,7,9,11,14H,6,8,10,19H2. The van der Waals surface area contributed by atoms with Gasteiger partial charge < -0.3 is 5.73 Å². The van der Waals surface area contributed by atoms with Gasteiger partial charge in [0.1, 0.15) is 5.82 Å². The van der Waals surface area contributed by atoms with Gasteiger partial charge in [0.2, 0.25) is 0 Å². The van der Waals surface area contributed by atoms with Gasteiger partial charge in [-0.1, -0.05) is 36.4 Å². The van der Waals surface area contributed by atoms with Crippen LogP contribution >= 0.6 is 15.9 Å². The van der Waals surface area contributed by atoms with E-state index in [1.54, 1.807) is 12.1 Å². The molecule has 19 heavy (non-hydrogen) atoms. The number of hydrogen-bond acceptors (Lipinski definition) is 1. The van der Waals surface area contributed by atoms with Gasteiger partial charge in [-0.15, -0.1) is 0 Å².